The van der Waals surface area contributed by atoms with Crippen LogP contribution in [0.5, 0.6) is 0 Å². The Kier molecular flexibility index (Phi) is 9.68. The molecule has 0 bridgehead atoms. The first kappa shape index (κ1) is 14.3. The molecule has 0 aromatic rings. The van der Waals surface area contributed by atoms with Crippen molar-refractivity contribution in [3.63, 3.8) is 0 Å². The lowest BCUT2D eigenvalue weighted by Crippen LogP contribution is -1.92. The van der Waals surface area contributed by atoms with Gasteiger partial charge in [-0.1, -0.05) is 0 Å². The Balaban J connectivity index is 0. The van der Waals surface area contributed by atoms with Crippen molar-refractivity contribution in [2.45, 2.75) is 6.43 Å². The van der Waals surface area contributed by atoms with Crippen molar-refractivity contribution < 1.29 is 32.6 Å². The summed E-state index contributed by atoms with van der Waals surface area (Å²) in [7, 11) is 0. The first-order valence-corrected chi connectivity index (χ1v) is 2.95. The maximum atomic E-state index is 11.4. The summed E-state index contributed by atoms with van der Waals surface area (Å²) in [6.07, 6.45) is -4.31. The van der Waals surface area contributed by atoms with Gasteiger partial charge in [-0.25, -0.2) is 22.4 Å². The van der Waals surface area contributed by atoms with Gasteiger partial charge in [-0.3, -0.25) is 0 Å². The van der Waals surface area contributed by atoms with Crippen LogP contribution in [0.15, 0.2) is 11.6 Å². The third-order valence-electron chi connectivity index (χ3n) is 0.705. The van der Waals surface area contributed by atoms with E-state index in [1.807, 2.05) is 0 Å². The van der Waals surface area contributed by atoms with E-state index in [2.05, 4.69) is 0 Å². The summed E-state index contributed by atoms with van der Waals surface area (Å²) >= 11 is 0. The zero-order valence-electron chi connectivity index (χ0n) is 6.38. The molecule has 78 valence electrons. The van der Waals surface area contributed by atoms with Gasteiger partial charge in [0.15, 0.2) is 0 Å². The topological polar surface area (TPSA) is 57.5 Å². The fourth-order valence-corrected chi connectivity index (χ4v) is 0.303. The molecule has 0 spiro atoms. The van der Waals surface area contributed by atoms with Gasteiger partial charge in [0.25, 0.3) is 6.43 Å². The van der Waals surface area contributed by atoms with Crippen molar-refractivity contribution in [1.82, 2.24) is 0 Å². The molecule has 2 N–H and O–H groups in total. The van der Waals surface area contributed by atoms with Crippen LogP contribution < -0.4 is 0 Å². The quantitative estimate of drug-likeness (QED) is 0.547. The summed E-state index contributed by atoms with van der Waals surface area (Å²) in [5.41, 5.74) is -0.495. The molecule has 3 nitrogen and oxygen atoms in total. The number of hydrogen-bond acceptors (Lipinski definition) is 1. The molecule has 0 saturated carbocycles. The highest BCUT2D eigenvalue weighted by atomic mass is 19.3. The van der Waals surface area contributed by atoms with Gasteiger partial charge in [-0.15, -0.1) is 0 Å². The minimum atomic E-state index is -2.76. The third kappa shape index (κ3) is 18.1. The van der Waals surface area contributed by atoms with Crippen molar-refractivity contribution in [3.8, 4) is 0 Å². The highest BCUT2D eigenvalue weighted by Crippen LogP contribution is 2.02. The van der Waals surface area contributed by atoms with Crippen molar-refractivity contribution in [2.75, 3.05) is 13.3 Å². The first-order valence-electron chi connectivity index (χ1n) is 2.95. The van der Waals surface area contributed by atoms with E-state index in [1.165, 1.54) is 0 Å². The fourth-order valence-electron chi connectivity index (χ4n) is 0.303. The molecule has 0 amide bonds. The lowest BCUT2D eigenvalue weighted by Gasteiger charge is -1.93. The molecule has 0 radical (unpaired) electrons. The van der Waals surface area contributed by atoms with Crippen molar-refractivity contribution in [2.24, 2.45) is 0 Å². The van der Waals surface area contributed by atoms with Crippen LogP contribution in [-0.4, -0.2) is 36.1 Å². The average molecular weight is 204 g/mol. The van der Waals surface area contributed by atoms with Gasteiger partial charge in [0, 0.05) is 0 Å². The maximum absolute atomic E-state index is 11.4. The number of carboxylic acid groups (broad SMARTS) is 2. The second-order valence-electron chi connectivity index (χ2n) is 1.71. The third-order valence-corrected chi connectivity index (χ3v) is 0.705. The lowest BCUT2D eigenvalue weighted by molar-refractivity contribution is 0.137. The van der Waals surface area contributed by atoms with Crippen LogP contribution >= 0.6 is 0 Å². The van der Waals surface area contributed by atoms with Crippen molar-refractivity contribution in [3.05, 3.63) is 11.6 Å². The molecule has 0 aliphatic carbocycles. The minimum absolute atomic E-state index is 0.278. The Morgan fingerprint density at radius 1 is 1.23 bits per heavy atom. The molecule has 13 heavy (non-hydrogen) atoms. The molecule has 7 heteroatoms. The number of allylic oxidation sites excluding steroid dienone is 2. The molecule has 0 rings (SSSR count). The summed E-state index contributed by atoms with van der Waals surface area (Å²) in [5.74, 6) is 0. The standard InChI is InChI=1S/C5H6F4.CH2O3/c6-2-4(3-7)1-5(8)9;2-1(3)4/h1,5H,2-3H2;(H2,2,3,4). The van der Waals surface area contributed by atoms with E-state index in [0.29, 0.717) is 0 Å². The number of carbonyl (C=O) groups is 1. The van der Waals surface area contributed by atoms with Crippen LogP contribution in [-0.2, 0) is 0 Å². The molecule has 0 heterocycles. The van der Waals surface area contributed by atoms with E-state index < -0.39 is 31.5 Å². The van der Waals surface area contributed by atoms with E-state index >= 15 is 0 Å². The summed E-state index contributed by atoms with van der Waals surface area (Å²) in [5, 5.41) is 13.9. The van der Waals surface area contributed by atoms with Crippen LogP contribution in [0, 0.1) is 0 Å². The largest absolute Gasteiger partial charge is 0.503 e. The van der Waals surface area contributed by atoms with Gasteiger partial charge in [-0.2, -0.15) is 0 Å². The molecule has 0 fully saturated rings. The Hall–Kier alpha value is -1.27. The van der Waals surface area contributed by atoms with Crippen LogP contribution in [0.3, 0.4) is 0 Å². The number of alkyl halides is 4. The Morgan fingerprint density at radius 3 is 1.62 bits per heavy atom. The van der Waals surface area contributed by atoms with Crippen molar-refractivity contribution >= 4 is 6.16 Å². The van der Waals surface area contributed by atoms with E-state index in [-0.39, 0.29) is 6.08 Å². The minimum Gasteiger partial charge on any atom is -0.450 e. The molecule has 0 aromatic carbocycles. The van der Waals surface area contributed by atoms with Gasteiger partial charge in [0.05, 0.1) is 0 Å². The SMILES string of the molecule is FCC(=CC(F)F)CF.O=C(O)O. The lowest BCUT2D eigenvalue weighted by atomic mass is 10.3. The van der Waals surface area contributed by atoms with Gasteiger partial charge < -0.3 is 10.2 Å². The fraction of sp³-hybridized carbons (Fsp3) is 0.500. The Morgan fingerprint density at radius 2 is 1.54 bits per heavy atom. The van der Waals surface area contributed by atoms with E-state index in [4.69, 9.17) is 15.0 Å². The Bertz CT molecular complexity index is 159. The predicted octanol–water partition coefficient (Wildman–Crippen LogP) is 2.34. The van der Waals surface area contributed by atoms with E-state index in [1.54, 1.807) is 0 Å². The van der Waals surface area contributed by atoms with Crippen LogP contribution in [0.2, 0.25) is 0 Å². The summed E-state index contributed by atoms with van der Waals surface area (Å²) in [6.45, 7) is -2.28. The normalized spacial score (nSPS) is 8.69. The van der Waals surface area contributed by atoms with Crippen LogP contribution in [0.1, 0.15) is 0 Å². The van der Waals surface area contributed by atoms with Gasteiger partial charge in [0.2, 0.25) is 0 Å². The number of halogens is 4. The molecule has 0 aliphatic rings. The predicted molar refractivity (Wildman–Crippen MR) is 36.7 cm³/mol. The van der Waals surface area contributed by atoms with Crippen molar-refractivity contribution in [1.29, 1.82) is 0 Å². The van der Waals surface area contributed by atoms with E-state index in [0.717, 1.165) is 0 Å². The van der Waals surface area contributed by atoms with Gasteiger partial charge >= 0.3 is 6.16 Å². The first-order chi connectivity index (χ1) is 5.93. The summed E-state index contributed by atoms with van der Waals surface area (Å²) < 4.78 is 45.3. The average Bonchev–Trinajstić information content (AvgIpc) is 1.98. The number of hydrogen-bond donors (Lipinski definition) is 2. The highest BCUT2D eigenvalue weighted by molar-refractivity contribution is 5.53. The maximum Gasteiger partial charge on any atom is 0.503 e. The second kappa shape index (κ2) is 8.82. The zero-order valence-corrected chi connectivity index (χ0v) is 6.38. The molecular weight excluding hydrogens is 196 g/mol. The summed E-state index contributed by atoms with van der Waals surface area (Å²) in [6, 6.07) is 0. The molecule has 0 unspecified atom stereocenters. The monoisotopic (exact) mass is 204 g/mol. The Labute approximate surface area is 71.3 Å². The van der Waals surface area contributed by atoms with E-state index in [9.17, 15) is 17.6 Å². The second-order valence-corrected chi connectivity index (χ2v) is 1.71. The smallest absolute Gasteiger partial charge is 0.450 e. The molecule has 0 aliphatic heterocycles. The van der Waals surface area contributed by atoms with Crippen LogP contribution in [0.25, 0.3) is 0 Å². The molecular formula is C6H8F4O3. The van der Waals surface area contributed by atoms with Gasteiger partial charge in [0.1, 0.15) is 13.3 Å². The number of rotatable bonds is 3. The molecule has 0 aromatic heterocycles. The summed E-state index contributed by atoms with van der Waals surface area (Å²) in [4.78, 5) is 8.56. The zero-order chi connectivity index (χ0) is 10.9. The molecule has 0 atom stereocenters. The van der Waals surface area contributed by atoms with Gasteiger partial charge in [-0.05, 0) is 11.6 Å². The highest BCUT2D eigenvalue weighted by Gasteiger charge is 2.00. The van der Waals surface area contributed by atoms with Crippen LogP contribution in [0.4, 0.5) is 22.4 Å². The molecule has 0 saturated heterocycles.